The van der Waals surface area contributed by atoms with Gasteiger partial charge in [0.2, 0.25) is 0 Å². The summed E-state index contributed by atoms with van der Waals surface area (Å²) in [7, 11) is 0. The first kappa shape index (κ1) is 10.1. The maximum Gasteiger partial charge on any atom is 0.0690 e. The van der Waals surface area contributed by atoms with Gasteiger partial charge in [0.05, 0.1) is 11.7 Å². The van der Waals surface area contributed by atoms with Crippen LogP contribution in [0.1, 0.15) is 67.7 Å². The van der Waals surface area contributed by atoms with Crippen LogP contribution in [0.5, 0.6) is 0 Å². The number of hydrogen-bond acceptors (Lipinski definition) is 2. The second-order valence-corrected chi connectivity index (χ2v) is 6.23. The molecule has 1 heterocycles. The maximum atomic E-state index is 5.70. The molecule has 3 heteroatoms. The van der Waals surface area contributed by atoms with Gasteiger partial charge < -0.3 is 5.73 Å². The summed E-state index contributed by atoms with van der Waals surface area (Å²) < 4.78 is 2.27. The Balaban J connectivity index is 1.57. The number of aromatic nitrogens is 2. The molecule has 3 nitrogen and oxygen atoms in total. The first-order chi connectivity index (χ1) is 8.35. The molecule has 92 valence electrons. The van der Waals surface area contributed by atoms with Crippen LogP contribution in [-0.4, -0.2) is 16.3 Å². The molecule has 3 aliphatic carbocycles. The van der Waals surface area contributed by atoms with Crippen LogP contribution in [0.2, 0.25) is 0 Å². The Morgan fingerprint density at radius 1 is 1.18 bits per heavy atom. The Morgan fingerprint density at radius 2 is 1.88 bits per heavy atom. The summed E-state index contributed by atoms with van der Waals surface area (Å²) >= 11 is 0. The molecular formula is C14H21N3. The Hall–Kier alpha value is -0.830. The van der Waals surface area contributed by atoms with Crippen molar-refractivity contribution < 1.29 is 0 Å². The lowest BCUT2D eigenvalue weighted by molar-refractivity contribution is 0.189. The van der Waals surface area contributed by atoms with E-state index in [4.69, 9.17) is 10.8 Å². The van der Waals surface area contributed by atoms with Gasteiger partial charge in [-0.15, -0.1) is 0 Å². The normalized spacial score (nSPS) is 32.5. The fourth-order valence-electron chi connectivity index (χ4n) is 3.10. The van der Waals surface area contributed by atoms with Gasteiger partial charge in [-0.05, 0) is 62.5 Å². The molecule has 3 saturated carbocycles. The first-order valence-corrected chi connectivity index (χ1v) is 7.14. The lowest BCUT2D eigenvalue weighted by atomic mass is 9.80. The monoisotopic (exact) mass is 231 g/mol. The van der Waals surface area contributed by atoms with Crippen LogP contribution in [0.15, 0.2) is 6.20 Å². The number of nitrogens with zero attached hydrogens (tertiary/aromatic N) is 2. The molecule has 0 saturated heterocycles. The van der Waals surface area contributed by atoms with Crippen LogP contribution in [0.25, 0.3) is 0 Å². The van der Waals surface area contributed by atoms with E-state index in [0.29, 0.717) is 6.04 Å². The minimum absolute atomic E-state index is 0.647. The molecule has 3 fully saturated rings. The second kappa shape index (κ2) is 3.58. The Labute approximate surface area is 102 Å². The van der Waals surface area contributed by atoms with Crippen molar-refractivity contribution in [3.05, 3.63) is 17.5 Å². The van der Waals surface area contributed by atoms with Crippen LogP contribution in [0, 0.1) is 5.92 Å². The SMILES string of the molecule is NCC1CC(n2cc(C3CC3)c(C3CC3)n2)C1. The molecule has 0 aromatic carbocycles. The zero-order valence-corrected chi connectivity index (χ0v) is 10.3. The molecule has 1 aromatic rings. The highest BCUT2D eigenvalue weighted by Gasteiger charge is 2.37. The molecule has 0 atom stereocenters. The van der Waals surface area contributed by atoms with E-state index in [9.17, 15) is 0 Å². The molecule has 17 heavy (non-hydrogen) atoms. The minimum atomic E-state index is 0.647. The van der Waals surface area contributed by atoms with E-state index in [1.165, 1.54) is 44.2 Å². The third-order valence-electron chi connectivity index (χ3n) is 4.69. The Bertz CT molecular complexity index is 393. The molecule has 0 spiro atoms. The van der Waals surface area contributed by atoms with E-state index >= 15 is 0 Å². The number of nitrogens with two attached hydrogens (primary N) is 1. The van der Waals surface area contributed by atoms with Crippen molar-refractivity contribution >= 4 is 0 Å². The topological polar surface area (TPSA) is 43.8 Å². The Kier molecular flexibility index (Phi) is 2.13. The maximum absolute atomic E-state index is 5.70. The molecule has 3 aliphatic rings. The standard InChI is InChI=1S/C14H21N3/c15-7-9-5-12(6-9)17-8-13(10-1-2-10)14(16-17)11-3-4-11/h8-12H,1-7,15H2. The van der Waals surface area contributed by atoms with Crippen LogP contribution < -0.4 is 5.73 Å². The molecule has 0 aliphatic heterocycles. The summed E-state index contributed by atoms with van der Waals surface area (Å²) in [6.07, 6.45) is 10.4. The van der Waals surface area contributed by atoms with Gasteiger partial charge in [-0.3, -0.25) is 4.68 Å². The third kappa shape index (κ3) is 1.71. The summed E-state index contributed by atoms with van der Waals surface area (Å²) in [4.78, 5) is 0. The van der Waals surface area contributed by atoms with Crippen molar-refractivity contribution in [2.75, 3.05) is 6.54 Å². The zero-order chi connectivity index (χ0) is 11.4. The number of rotatable bonds is 4. The van der Waals surface area contributed by atoms with Crippen molar-refractivity contribution in [2.45, 2.75) is 56.4 Å². The van der Waals surface area contributed by atoms with Crippen molar-refractivity contribution in [2.24, 2.45) is 11.7 Å². The highest BCUT2D eigenvalue weighted by molar-refractivity contribution is 5.31. The molecule has 0 unspecified atom stereocenters. The van der Waals surface area contributed by atoms with Crippen LogP contribution in [0.3, 0.4) is 0 Å². The average molecular weight is 231 g/mol. The van der Waals surface area contributed by atoms with Gasteiger partial charge in [-0.1, -0.05) is 0 Å². The van der Waals surface area contributed by atoms with Crippen LogP contribution in [-0.2, 0) is 0 Å². The Morgan fingerprint density at radius 3 is 2.47 bits per heavy atom. The van der Waals surface area contributed by atoms with E-state index in [-0.39, 0.29) is 0 Å². The summed E-state index contributed by atoms with van der Waals surface area (Å²) in [5.41, 5.74) is 8.73. The molecule has 1 aromatic heterocycles. The molecule has 0 bridgehead atoms. The fourth-order valence-corrected chi connectivity index (χ4v) is 3.10. The van der Waals surface area contributed by atoms with E-state index in [2.05, 4.69) is 10.9 Å². The minimum Gasteiger partial charge on any atom is -0.330 e. The second-order valence-electron chi connectivity index (χ2n) is 6.23. The average Bonchev–Trinajstić information content (AvgIpc) is 3.16. The van der Waals surface area contributed by atoms with Gasteiger partial charge in [-0.25, -0.2) is 0 Å². The lowest BCUT2D eigenvalue weighted by Crippen LogP contribution is -2.32. The zero-order valence-electron chi connectivity index (χ0n) is 10.3. The molecule has 0 amide bonds. The summed E-state index contributed by atoms with van der Waals surface area (Å²) in [6, 6.07) is 0.647. The quantitative estimate of drug-likeness (QED) is 0.865. The van der Waals surface area contributed by atoms with E-state index in [1.54, 1.807) is 5.56 Å². The predicted molar refractivity (Wildman–Crippen MR) is 67.0 cm³/mol. The van der Waals surface area contributed by atoms with Crippen molar-refractivity contribution in [1.29, 1.82) is 0 Å². The van der Waals surface area contributed by atoms with E-state index in [1.807, 2.05) is 0 Å². The van der Waals surface area contributed by atoms with Gasteiger partial charge >= 0.3 is 0 Å². The predicted octanol–water partition coefficient (Wildman–Crippen LogP) is 2.55. The largest absolute Gasteiger partial charge is 0.330 e. The number of hydrogen-bond donors (Lipinski definition) is 1. The highest BCUT2D eigenvalue weighted by atomic mass is 15.3. The summed E-state index contributed by atoms with van der Waals surface area (Å²) in [5.74, 6) is 2.40. The lowest BCUT2D eigenvalue weighted by Gasteiger charge is -2.34. The van der Waals surface area contributed by atoms with E-state index in [0.717, 1.165) is 24.3 Å². The highest BCUT2D eigenvalue weighted by Crippen LogP contribution is 2.49. The van der Waals surface area contributed by atoms with Gasteiger partial charge in [0, 0.05) is 12.1 Å². The third-order valence-corrected chi connectivity index (χ3v) is 4.69. The van der Waals surface area contributed by atoms with Crippen molar-refractivity contribution in [1.82, 2.24) is 9.78 Å². The van der Waals surface area contributed by atoms with Crippen LogP contribution in [0.4, 0.5) is 0 Å². The fraction of sp³-hybridized carbons (Fsp3) is 0.786. The van der Waals surface area contributed by atoms with Crippen LogP contribution >= 0.6 is 0 Å². The van der Waals surface area contributed by atoms with Crippen molar-refractivity contribution in [3.8, 4) is 0 Å². The van der Waals surface area contributed by atoms with Gasteiger partial charge in [-0.2, -0.15) is 5.10 Å². The van der Waals surface area contributed by atoms with Crippen molar-refractivity contribution in [3.63, 3.8) is 0 Å². The van der Waals surface area contributed by atoms with E-state index < -0.39 is 0 Å². The summed E-state index contributed by atoms with van der Waals surface area (Å²) in [5, 5.41) is 4.90. The molecule has 4 rings (SSSR count). The molecule has 0 radical (unpaired) electrons. The van der Waals surface area contributed by atoms with Gasteiger partial charge in [0.1, 0.15) is 0 Å². The van der Waals surface area contributed by atoms with Gasteiger partial charge in [0.25, 0.3) is 0 Å². The van der Waals surface area contributed by atoms with Gasteiger partial charge in [0.15, 0.2) is 0 Å². The summed E-state index contributed by atoms with van der Waals surface area (Å²) in [6.45, 7) is 0.850. The smallest absolute Gasteiger partial charge is 0.0690 e. The molecular weight excluding hydrogens is 210 g/mol. The first-order valence-electron chi connectivity index (χ1n) is 7.14. The molecule has 2 N–H and O–H groups in total.